The third-order valence-corrected chi connectivity index (χ3v) is 5.52. The summed E-state index contributed by atoms with van der Waals surface area (Å²) in [6.07, 6.45) is 12.1. The first-order valence-corrected chi connectivity index (χ1v) is 10.3. The van der Waals surface area contributed by atoms with Crippen LogP contribution in [-0.2, 0) is 0 Å². The minimum Gasteiger partial charge on any atom is -0.289 e. The third kappa shape index (κ3) is 7.18. The number of allylic oxidation sites excluding steroid dienone is 1. The number of benzene rings is 1. The Kier molecular flexibility index (Phi) is 8.44. The van der Waals surface area contributed by atoms with Gasteiger partial charge in [0.05, 0.1) is 0 Å². The molecule has 1 saturated carbocycles. The van der Waals surface area contributed by atoms with E-state index in [-0.39, 0.29) is 0 Å². The summed E-state index contributed by atoms with van der Waals surface area (Å²) in [7, 11) is 0. The predicted molar refractivity (Wildman–Crippen MR) is 112 cm³/mol. The predicted octanol–water partition coefficient (Wildman–Crippen LogP) is 7.14. The Morgan fingerprint density at radius 3 is 2.44 bits per heavy atom. The van der Waals surface area contributed by atoms with Crippen molar-refractivity contribution in [1.82, 2.24) is 0 Å². The molecule has 1 nitrogen and oxygen atoms in total. The van der Waals surface area contributed by atoms with Crippen LogP contribution in [0.25, 0.3) is 0 Å². The van der Waals surface area contributed by atoms with Gasteiger partial charge >= 0.3 is 0 Å². The van der Waals surface area contributed by atoms with Gasteiger partial charge in [0.15, 0.2) is 0 Å². The van der Waals surface area contributed by atoms with Crippen LogP contribution in [0.15, 0.2) is 41.4 Å². The fourth-order valence-corrected chi connectivity index (χ4v) is 4.21. The van der Waals surface area contributed by atoms with Crippen LogP contribution in [0.3, 0.4) is 0 Å². The molecule has 25 heavy (non-hydrogen) atoms. The van der Waals surface area contributed by atoms with Crippen LogP contribution in [0.4, 0.5) is 0 Å². The molecule has 0 N–H and O–H groups in total. The second-order valence-electron chi connectivity index (χ2n) is 8.16. The lowest BCUT2D eigenvalue weighted by Crippen LogP contribution is -2.15. The smallest absolute Gasteiger partial charge is 0.0460 e. The lowest BCUT2D eigenvalue weighted by Gasteiger charge is -2.28. The molecule has 0 bridgehead atoms. The van der Waals surface area contributed by atoms with Gasteiger partial charge in [0.1, 0.15) is 0 Å². The molecule has 0 saturated heterocycles. The zero-order valence-corrected chi connectivity index (χ0v) is 16.7. The van der Waals surface area contributed by atoms with Crippen molar-refractivity contribution in [2.24, 2.45) is 16.8 Å². The quantitative estimate of drug-likeness (QED) is 0.257. The Morgan fingerprint density at radius 1 is 1.12 bits per heavy atom. The van der Waals surface area contributed by atoms with E-state index in [2.05, 4.69) is 51.6 Å². The van der Waals surface area contributed by atoms with E-state index in [9.17, 15) is 0 Å². The van der Waals surface area contributed by atoms with Gasteiger partial charge < -0.3 is 0 Å². The van der Waals surface area contributed by atoms with Crippen LogP contribution >= 0.6 is 0 Å². The van der Waals surface area contributed by atoms with Crippen LogP contribution < -0.4 is 0 Å². The average molecular weight is 340 g/mol. The highest BCUT2D eigenvalue weighted by Gasteiger charge is 2.20. The zero-order chi connectivity index (χ0) is 18.1. The van der Waals surface area contributed by atoms with Crippen molar-refractivity contribution in [3.63, 3.8) is 0 Å². The van der Waals surface area contributed by atoms with E-state index >= 15 is 0 Å². The number of hydrogen-bond acceptors (Lipinski definition) is 1. The van der Waals surface area contributed by atoms with Gasteiger partial charge in [0.25, 0.3) is 0 Å². The first-order valence-electron chi connectivity index (χ1n) is 10.3. The van der Waals surface area contributed by atoms with Gasteiger partial charge in [-0.1, -0.05) is 81.0 Å². The molecule has 0 aromatic heterocycles. The molecule has 1 aliphatic rings. The second kappa shape index (κ2) is 10.6. The van der Waals surface area contributed by atoms with Crippen LogP contribution in [0.5, 0.6) is 0 Å². The summed E-state index contributed by atoms with van der Waals surface area (Å²) < 4.78 is 0. The number of aryl methyl sites for hydroxylation is 1. The van der Waals surface area contributed by atoms with E-state index in [1.807, 2.05) is 0 Å². The standard InChI is InChI=1S/C24H37N/c1-5-8-21-9-6-10-22(18-21)11-7-16-25-24(17-19(2)3)23-14-12-20(4)13-15-23/h12-15,21-22H,2,5-11,16-18H2,1,3-4H3. The van der Waals surface area contributed by atoms with Crippen molar-refractivity contribution in [1.29, 1.82) is 0 Å². The largest absolute Gasteiger partial charge is 0.289 e. The molecule has 0 radical (unpaired) electrons. The molecule has 138 valence electrons. The SMILES string of the molecule is C=C(C)CC(=NCCCC1CCCC(CCC)C1)c1ccc(C)cc1. The van der Waals surface area contributed by atoms with Gasteiger partial charge in [-0.3, -0.25) is 4.99 Å². The lowest BCUT2D eigenvalue weighted by molar-refractivity contribution is 0.240. The summed E-state index contributed by atoms with van der Waals surface area (Å²) in [5.41, 5.74) is 4.96. The Morgan fingerprint density at radius 2 is 1.80 bits per heavy atom. The van der Waals surface area contributed by atoms with E-state index in [1.165, 1.54) is 73.8 Å². The Balaban J connectivity index is 1.86. The molecule has 2 rings (SSSR count). The molecule has 0 amide bonds. The van der Waals surface area contributed by atoms with Crippen molar-refractivity contribution in [3.8, 4) is 0 Å². The van der Waals surface area contributed by atoms with Crippen molar-refractivity contribution >= 4 is 5.71 Å². The molecule has 2 unspecified atom stereocenters. The fraction of sp³-hybridized carbons (Fsp3) is 0.625. The third-order valence-electron chi connectivity index (χ3n) is 5.52. The van der Waals surface area contributed by atoms with Crippen molar-refractivity contribution in [3.05, 3.63) is 47.5 Å². The van der Waals surface area contributed by atoms with Crippen LogP contribution in [0.1, 0.15) is 82.8 Å². The van der Waals surface area contributed by atoms with Gasteiger partial charge in [0.2, 0.25) is 0 Å². The van der Waals surface area contributed by atoms with Gasteiger partial charge in [0, 0.05) is 18.7 Å². The highest BCUT2D eigenvalue weighted by molar-refractivity contribution is 6.01. The summed E-state index contributed by atoms with van der Waals surface area (Å²) in [5.74, 6) is 1.95. The van der Waals surface area contributed by atoms with Gasteiger partial charge in [-0.25, -0.2) is 0 Å². The molecule has 2 atom stereocenters. The Labute approximate surface area is 155 Å². The number of aliphatic imine (C=N–C) groups is 1. The first kappa shape index (κ1) is 19.9. The molecular formula is C24H37N. The Bertz CT molecular complexity index is 550. The maximum atomic E-state index is 4.96. The fourth-order valence-electron chi connectivity index (χ4n) is 4.21. The molecule has 1 heteroatoms. The molecular weight excluding hydrogens is 302 g/mol. The first-order chi connectivity index (χ1) is 12.1. The van der Waals surface area contributed by atoms with Crippen molar-refractivity contribution in [2.45, 2.75) is 78.6 Å². The van der Waals surface area contributed by atoms with E-state index in [1.54, 1.807) is 0 Å². The van der Waals surface area contributed by atoms with E-state index < -0.39 is 0 Å². The molecule has 0 spiro atoms. The molecule has 1 fully saturated rings. The van der Waals surface area contributed by atoms with Crippen LogP contribution in [0.2, 0.25) is 0 Å². The summed E-state index contributed by atoms with van der Waals surface area (Å²) in [5, 5.41) is 0. The van der Waals surface area contributed by atoms with Gasteiger partial charge in [-0.15, -0.1) is 0 Å². The molecule has 1 aliphatic carbocycles. The lowest BCUT2D eigenvalue weighted by atomic mass is 9.77. The minimum absolute atomic E-state index is 0.894. The number of nitrogens with zero attached hydrogens (tertiary/aromatic N) is 1. The van der Waals surface area contributed by atoms with E-state index in [4.69, 9.17) is 4.99 Å². The van der Waals surface area contributed by atoms with Gasteiger partial charge in [-0.2, -0.15) is 0 Å². The normalized spacial score (nSPS) is 21.3. The zero-order valence-electron chi connectivity index (χ0n) is 16.7. The number of rotatable bonds is 9. The maximum absolute atomic E-state index is 4.96. The monoisotopic (exact) mass is 339 g/mol. The van der Waals surface area contributed by atoms with Gasteiger partial charge in [-0.05, 0) is 50.5 Å². The topological polar surface area (TPSA) is 12.4 Å². The average Bonchev–Trinajstić information content (AvgIpc) is 2.59. The molecule has 0 heterocycles. The van der Waals surface area contributed by atoms with Crippen molar-refractivity contribution < 1.29 is 0 Å². The Hall–Kier alpha value is -1.37. The number of hydrogen-bond donors (Lipinski definition) is 0. The van der Waals surface area contributed by atoms with E-state index in [0.29, 0.717) is 0 Å². The highest BCUT2D eigenvalue weighted by Crippen LogP contribution is 2.34. The van der Waals surface area contributed by atoms with Crippen molar-refractivity contribution in [2.75, 3.05) is 6.54 Å². The molecule has 1 aromatic carbocycles. The van der Waals surface area contributed by atoms with Crippen LogP contribution in [0, 0.1) is 18.8 Å². The highest BCUT2D eigenvalue weighted by atomic mass is 14.7. The maximum Gasteiger partial charge on any atom is 0.0460 e. The summed E-state index contributed by atoms with van der Waals surface area (Å²) in [6.45, 7) is 11.6. The summed E-state index contributed by atoms with van der Waals surface area (Å²) in [6, 6.07) is 8.76. The molecule has 1 aromatic rings. The summed E-state index contributed by atoms with van der Waals surface area (Å²) in [4.78, 5) is 4.96. The summed E-state index contributed by atoms with van der Waals surface area (Å²) >= 11 is 0. The van der Waals surface area contributed by atoms with E-state index in [0.717, 1.165) is 24.8 Å². The van der Waals surface area contributed by atoms with Crippen LogP contribution in [-0.4, -0.2) is 12.3 Å². The minimum atomic E-state index is 0.894. The molecule has 0 aliphatic heterocycles. The second-order valence-corrected chi connectivity index (χ2v) is 8.16.